The van der Waals surface area contributed by atoms with E-state index < -0.39 is 17.7 Å². The van der Waals surface area contributed by atoms with Crippen LogP contribution in [0.5, 0.6) is 11.5 Å². The van der Waals surface area contributed by atoms with Crippen LogP contribution < -0.4 is 9.47 Å². The summed E-state index contributed by atoms with van der Waals surface area (Å²) in [6.07, 6.45) is 2.39. The quantitative estimate of drug-likeness (QED) is 0.306. The summed E-state index contributed by atoms with van der Waals surface area (Å²) >= 11 is 0. The Kier molecular flexibility index (Phi) is 6.49. The van der Waals surface area contributed by atoms with Crippen molar-refractivity contribution in [3.05, 3.63) is 89.4 Å². The fourth-order valence-corrected chi connectivity index (χ4v) is 3.83. The molecule has 1 unspecified atom stereocenters. The van der Waals surface area contributed by atoms with Crippen LogP contribution in [0.1, 0.15) is 36.3 Å². The molecule has 0 radical (unpaired) electrons. The highest BCUT2D eigenvalue weighted by molar-refractivity contribution is 6.46. The number of methoxy groups -OCH3 is 1. The molecule has 2 aromatic carbocycles. The van der Waals surface area contributed by atoms with Gasteiger partial charge in [0.25, 0.3) is 11.7 Å². The summed E-state index contributed by atoms with van der Waals surface area (Å²) in [4.78, 5) is 27.5. The number of furan rings is 1. The normalized spacial score (nSPS) is 17.4. The van der Waals surface area contributed by atoms with E-state index in [1.54, 1.807) is 67.8 Å². The van der Waals surface area contributed by atoms with Gasteiger partial charge < -0.3 is 23.9 Å². The molecular formula is C26H25NO6. The molecule has 1 amide bonds. The fraction of sp³-hybridized carbons (Fsp3) is 0.231. The summed E-state index contributed by atoms with van der Waals surface area (Å²) in [6, 6.07) is 16.5. The number of carbonyl (C=O) groups is 2. The zero-order chi connectivity index (χ0) is 23.4. The van der Waals surface area contributed by atoms with E-state index in [1.165, 1.54) is 11.2 Å². The van der Waals surface area contributed by atoms with E-state index in [-0.39, 0.29) is 17.9 Å². The molecule has 1 aromatic heterocycles. The molecule has 1 N–H and O–H groups in total. The Labute approximate surface area is 191 Å². The summed E-state index contributed by atoms with van der Waals surface area (Å²) in [6.45, 7) is 2.71. The lowest BCUT2D eigenvalue weighted by atomic mass is 9.95. The summed E-state index contributed by atoms with van der Waals surface area (Å²) in [5, 5.41) is 11.1. The van der Waals surface area contributed by atoms with Crippen LogP contribution >= 0.6 is 0 Å². The molecule has 0 aliphatic carbocycles. The minimum absolute atomic E-state index is 0.0268. The van der Waals surface area contributed by atoms with E-state index in [0.717, 1.165) is 6.42 Å². The zero-order valence-electron chi connectivity index (χ0n) is 18.5. The van der Waals surface area contributed by atoms with Crippen LogP contribution in [0.15, 0.2) is 76.9 Å². The second kappa shape index (κ2) is 9.65. The van der Waals surface area contributed by atoms with Crippen LogP contribution in [0, 0.1) is 0 Å². The maximum Gasteiger partial charge on any atom is 0.296 e. The molecule has 1 saturated heterocycles. The first kappa shape index (κ1) is 22.2. The molecule has 170 valence electrons. The number of aliphatic hydroxyl groups is 1. The largest absolute Gasteiger partial charge is 0.507 e. The maximum atomic E-state index is 13.1. The number of ketones is 1. The third kappa shape index (κ3) is 4.48. The van der Waals surface area contributed by atoms with Gasteiger partial charge in [-0.1, -0.05) is 19.1 Å². The minimum Gasteiger partial charge on any atom is -0.507 e. The minimum atomic E-state index is -0.780. The van der Waals surface area contributed by atoms with Crippen molar-refractivity contribution >= 4 is 17.4 Å². The number of benzene rings is 2. The standard InChI is InChI=1S/C26H25NO6/c1-3-14-32-20-12-6-17(7-13-20)23-22(24(28)18-8-10-19(31-2)11-9-18)25(29)26(30)27(23)16-21-5-4-15-33-21/h4-13,15,23,28H,3,14,16H2,1-2H3/b24-22+. The Hall–Kier alpha value is -4.00. The lowest BCUT2D eigenvalue weighted by Gasteiger charge is -2.24. The van der Waals surface area contributed by atoms with Gasteiger partial charge in [0.1, 0.15) is 23.0 Å². The monoisotopic (exact) mass is 447 g/mol. The molecule has 1 aliphatic rings. The topological polar surface area (TPSA) is 89.2 Å². The lowest BCUT2D eigenvalue weighted by molar-refractivity contribution is -0.140. The van der Waals surface area contributed by atoms with Crippen molar-refractivity contribution in [1.82, 2.24) is 4.90 Å². The van der Waals surface area contributed by atoms with E-state index in [9.17, 15) is 14.7 Å². The first-order chi connectivity index (χ1) is 16.0. The van der Waals surface area contributed by atoms with Crippen molar-refractivity contribution in [2.75, 3.05) is 13.7 Å². The number of hydrogen-bond donors (Lipinski definition) is 1. The molecular weight excluding hydrogens is 422 g/mol. The number of ether oxygens (including phenoxy) is 2. The van der Waals surface area contributed by atoms with Crippen LogP contribution in [-0.4, -0.2) is 35.4 Å². The number of carbonyl (C=O) groups excluding carboxylic acids is 2. The molecule has 7 nitrogen and oxygen atoms in total. The first-order valence-electron chi connectivity index (χ1n) is 10.7. The molecule has 0 spiro atoms. The highest BCUT2D eigenvalue weighted by Gasteiger charge is 2.46. The number of rotatable bonds is 8. The maximum absolute atomic E-state index is 13.1. The average molecular weight is 447 g/mol. The van der Waals surface area contributed by atoms with Crippen LogP contribution in [0.25, 0.3) is 5.76 Å². The molecule has 1 aliphatic heterocycles. The highest BCUT2D eigenvalue weighted by atomic mass is 16.5. The number of Topliss-reactive ketones (excluding diaryl/α,β-unsaturated/α-hetero) is 1. The van der Waals surface area contributed by atoms with Gasteiger partial charge in [0.2, 0.25) is 0 Å². The molecule has 0 bridgehead atoms. The van der Waals surface area contributed by atoms with Gasteiger partial charge in [-0.2, -0.15) is 0 Å². The Morgan fingerprint density at radius 1 is 1.03 bits per heavy atom. The number of aliphatic hydroxyl groups excluding tert-OH is 1. The van der Waals surface area contributed by atoms with Gasteiger partial charge in [0, 0.05) is 5.56 Å². The Bertz CT molecular complexity index is 1150. The van der Waals surface area contributed by atoms with Crippen LogP contribution in [0.3, 0.4) is 0 Å². The van der Waals surface area contributed by atoms with Gasteiger partial charge in [-0.3, -0.25) is 9.59 Å². The second-order valence-electron chi connectivity index (χ2n) is 7.65. The van der Waals surface area contributed by atoms with Crippen LogP contribution in [-0.2, 0) is 16.1 Å². The van der Waals surface area contributed by atoms with Crippen molar-refractivity contribution < 1.29 is 28.6 Å². The van der Waals surface area contributed by atoms with E-state index in [2.05, 4.69) is 0 Å². The van der Waals surface area contributed by atoms with Gasteiger partial charge in [-0.25, -0.2) is 0 Å². The summed E-state index contributed by atoms with van der Waals surface area (Å²) in [7, 11) is 1.54. The highest BCUT2D eigenvalue weighted by Crippen LogP contribution is 2.40. The second-order valence-corrected chi connectivity index (χ2v) is 7.65. The average Bonchev–Trinajstić information content (AvgIpc) is 3.45. The number of hydrogen-bond acceptors (Lipinski definition) is 6. The predicted octanol–water partition coefficient (Wildman–Crippen LogP) is 4.70. The molecule has 4 rings (SSSR count). The van der Waals surface area contributed by atoms with Crippen molar-refractivity contribution in [2.45, 2.75) is 25.9 Å². The van der Waals surface area contributed by atoms with Crippen molar-refractivity contribution in [1.29, 1.82) is 0 Å². The summed E-state index contributed by atoms with van der Waals surface area (Å²) in [5.74, 6) is 0.162. The predicted molar refractivity (Wildman–Crippen MR) is 122 cm³/mol. The van der Waals surface area contributed by atoms with Gasteiger partial charge in [-0.15, -0.1) is 0 Å². The van der Waals surface area contributed by atoms with Gasteiger partial charge in [0.05, 0.1) is 38.1 Å². The van der Waals surface area contributed by atoms with Gasteiger partial charge in [-0.05, 0) is 60.5 Å². The van der Waals surface area contributed by atoms with Gasteiger partial charge in [0.15, 0.2) is 0 Å². The van der Waals surface area contributed by atoms with E-state index >= 15 is 0 Å². The van der Waals surface area contributed by atoms with Crippen LogP contribution in [0.4, 0.5) is 0 Å². The SMILES string of the molecule is CCCOc1ccc(C2/C(=C(\O)c3ccc(OC)cc3)C(=O)C(=O)N2Cc2ccco2)cc1. The number of likely N-dealkylation sites (tertiary alicyclic amines) is 1. The summed E-state index contributed by atoms with van der Waals surface area (Å²) < 4.78 is 16.2. The Morgan fingerprint density at radius 2 is 1.73 bits per heavy atom. The molecule has 7 heteroatoms. The molecule has 1 fully saturated rings. The zero-order valence-corrected chi connectivity index (χ0v) is 18.5. The number of nitrogens with zero attached hydrogens (tertiary/aromatic N) is 1. The molecule has 3 aromatic rings. The third-order valence-corrected chi connectivity index (χ3v) is 5.48. The van der Waals surface area contributed by atoms with E-state index in [4.69, 9.17) is 13.9 Å². The molecule has 0 saturated carbocycles. The Balaban J connectivity index is 1.78. The van der Waals surface area contributed by atoms with Gasteiger partial charge >= 0.3 is 0 Å². The third-order valence-electron chi connectivity index (χ3n) is 5.48. The van der Waals surface area contributed by atoms with E-state index in [0.29, 0.717) is 35.0 Å². The fourth-order valence-electron chi connectivity index (χ4n) is 3.83. The smallest absolute Gasteiger partial charge is 0.296 e. The van der Waals surface area contributed by atoms with Crippen molar-refractivity contribution in [2.24, 2.45) is 0 Å². The van der Waals surface area contributed by atoms with Crippen molar-refractivity contribution in [3.8, 4) is 11.5 Å². The van der Waals surface area contributed by atoms with Crippen LogP contribution in [0.2, 0.25) is 0 Å². The van der Waals surface area contributed by atoms with E-state index in [1.807, 2.05) is 6.92 Å². The van der Waals surface area contributed by atoms with Crippen molar-refractivity contribution in [3.63, 3.8) is 0 Å². The first-order valence-corrected chi connectivity index (χ1v) is 10.7. The molecule has 2 heterocycles. The summed E-state index contributed by atoms with van der Waals surface area (Å²) in [5.41, 5.74) is 1.12. The lowest BCUT2D eigenvalue weighted by Crippen LogP contribution is -2.29. The molecule has 33 heavy (non-hydrogen) atoms. The molecule has 1 atom stereocenters. The number of amides is 1. The Morgan fingerprint density at radius 3 is 2.33 bits per heavy atom.